The fourth-order valence-corrected chi connectivity index (χ4v) is 8.17. The molecule has 0 bridgehead atoms. The van der Waals surface area contributed by atoms with Gasteiger partial charge in [-0.2, -0.15) is 0 Å². The highest BCUT2D eigenvalue weighted by Crippen LogP contribution is 2.17. The van der Waals surface area contributed by atoms with E-state index in [0.717, 1.165) is 38.5 Å². The third-order valence-corrected chi connectivity index (χ3v) is 12.2. The fourth-order valence-electron chi connectivity index (χ4n) is 8.17. The van der Waals surface area contributed by atoms with Crippen molar-refractivity contribution in [3.63, 3.8) is 0 Å². The fraction of sp³-hybridized carbons (Fsp3) is 0.961. The third kappa shape index (κ3) is 44.2. The van der Waals surface area contributed by atoms with Crippen LogP contribution in [0.1, 0.15) is 290 Å². The number of ether oxygens (including phenoxy) is 1. The maximum Gasteiger partial charge on any atom is 0.305 e. The molecular weight excluding hydrogens is 707 g/mol. The molecule has 340 valence electrons. The first-order chi connectivity index (χ1) is 28.0. The van der Waals surface area contributed by atoms with Crippen LogP contribution in [0.4, 0.5) is 0 Å². The SMILES string of the molecule is CCCCCCCCCCCCCCC(=O)OCCCCCCCCCCCCCCCCCCCC(=O)NC(CO)C(O)CCCCCCCCCCCCC. The maximum atomic E-state index is 12.4. The molecule has 0 spiro atoms. The van der Waals surface area contributed by atoms with Gasteiger partial charge in [-0.05, 0) is 25.7 Å². The molecule has 0 saturated carbocycles. The number of hydrogen-bond acceptors (Lipinski definition) is 5. The number of aliphatic hydroxyl groups excluding tert-OH is 2. The van der Waals surface area contributed by atoms with Crippen molar-refractivity contribution in [3.8, 4) is 0 Å². The first-order valence-corrected chi connectivity index (χ1v) is 25.8. The van der Waals surface area contributed by atoms with Crippen LogP contribution in [0.15, 0.2) is 0 Å². The number of esters is 1. The van der Waals surface area contributed by atoms with E-state index < -0.39 is 12.1 Å². The van der Waals surface area contributed by atoms with Gasteiger partial charge in [0.25, 0.3) is 0 Å². The van der Waals surface area contributed by atoms with Crippen molar-refractivity contribution in [1.29, 1.82) is 0 Å². The zero-order valence-corrected chi connectivity index (χ0v) is 38.6. The van der Waals surface area contributed by atoms with Gasteiger partial charge in [0.2, 0.25) is 5.91 Å². The van der Waals surface area contributed by atoms with Crippen molar-refractivity contribution >= 4 is 11.9 Å². The minimum atomic E-state index is -0.664. The molecule has 0 aliphatic heterocycles. The van der Waals surface area contributed by atoms with E-state index in [1.54, 1.807) is 0 Å². The van der Waals surface area contributed by atoms with Crippen LogP contribution in [-0.2, 0) is 14.3 Å². The van der Waals surface area contributed by atoms with Crippen molar-refractivity contribution in [1.82, 2.24) is 5.32 Å². The van der Waals surface area contributed by atoms with Crippen molar-refractivity contribution in [2.75, 3.05) is 13.2 Å². The molecule has 0 radical (unpaired) electrons. The van der Waals surface area contributed by atoms with Gasteiger partial charge < -0.3 is 20.3 Å². The van der Waals surface area contributed by atoms with Gasteiger partial charge in [-0.15, -0.1) is 0 Å². The van der Waals surface area contributed by atoms with E-state index in [4.69, 9.17) is 4.74 Å². The second-order valence-corrected chi connectivity index (χ2v) is 17.9. The number of carbonyl (C=O) groups excluding carboxylic acids is 2. The van der Waals surface area contributed by atoms with Crippen LogP contribution in [0.5, 0.6) is 0 Å². The van der Waals surface area contributed by atoms with E-state index in [2.05, 4.69) is 19.2 Å². The van der Waals surface area contributed by atoms with Gasteiger partial charge in [-0.25, -0.2) is 0 Å². The lowest BCUT2D eigenvalue weighted by atomic mass is 10.0. The monoisotopic (exact) mass is 808 g/mol. The van der Waals surface area contributed by atoms with E-state index in [-0.39, 0.29) is 18.5 Å². The molecule has 2 unspecified atom stereocenters. The van der Waals surface area contributed by atoms with Gasteiger partial charge in [-0.1, -0.05) is 251 Å². The van der Waals surface area contributed by atoms with Crippen molar-refractivity contribution < 1.29 is 24.5 Å². The molecule has 6 heteroatoms. The van der Waals surface area contributed by atoms with Crippen molar-refractivity contribution in [2.24, 2.45) is 0 Å². The van der Waals surface area contributed by atoms with Gasteiger partial charge in [0.1, 0.15) is 0 Å². The minimum Gasteiger partial charge on any atom is -0.466 e. The Balaban J connectivity index is 3.39. The molecule has 0 aromatic carbocycles. The van der Waals surface area contributed by atoms with Crippen molar-refractivity contribution in [2.45, 2.75) is 302 Å². The van der Waals surface area contributed by atoms with Crippen LogP contribution in [0.3, 0.4) is 0 Å². The standard InChI is InChI=1S/C51H101NO5/c1-3-5-7-9-11-13-15-25-29-33-37-41-45-51(56)57-46-42-38-34-30-26-22-20-18-16-17-19-21-24-28-32-36-40-44-50(55)52-48(47-53)49(54)43-39-35-31-27-23-14-12-10-8-6-4-2/h48-49,53-54H,3-47H2,1-2H3,(H,52,55). The van der Waals surface area contributed by atoms with Crippen LogP contribution in [-0.4, -0.2) is 47.4 Å². The number of amides is 1. The summed E-state index contributed by atoms with van der Waals surface area (Å²) >= 11 is 0. The summed E-state index contributed by atoms with van der Waals surface area (Å²) < 4.78 is 5.46. The Morgan fingerprint density at radius 1 is 0.421 bits per heavy atom. The quantitative estimate of drug-likeness (QED) is 0.0420. The summed E-state index contributed by atoms with van der Waals surface area (Å²) in [6, 6.07) is -0.542. The molecule has 6 nitrogen and oxygen atoms in total. The molecule has 57 heavy (non-hydrogen) atoms. The van der Waals surface area contributed by atoms with Crippen LogP contribution in [0.2, 0.25) is 0 Å². The molecule has 0 aliphatic rings. The second-order valence-electron chi connectivity index (χ2n) is 17.9. The summed E-state index contributed by atoms with van der Waals surface area (Å²) in [7, 11) is 0. The maximum absolute atomic E-state index is 12.4. The second kappa shape index (κ2) is 47.5. The number of carbonyl (C=O) groups is 2. The Bertz CT molecular complexity index is 806. The molecule has 0 rings (SSSR count). The molecule has 0 heterocycles. The summed E-state index contributed by atoms with van der Waals surface area (Å²) in [5.74, 6) is -0.0338. The van der Waals surface area contributed by atoms with Gasteiger partial charge in [0.15, 0.2) is 0 Å². The van der Waals surface area contributed by atoms with Crippen molar-refractivity contribution in [3.05, 3.63) is 0 Å². The van der Waals surface area contributed by atoms with E-state index >= 15 is 0 Å². The highest BCUT2D eigenvalue weighted by molar-refractivity contribution is 5.76. The molecule has 0 aromatic rings. The Hall–Kier alpha value is -1.14. The molecule has 1 amide bonds. The van der Waals surface area contributed by atoms with Gasteiger partial charge in [-0.3, -0.25) is 9.59 Å². The molecule has 0 aliphatic carbocycles. The lowest BCUT2D eigenvalue weighted by Gasteiger charge is -2.22. The normalized spacial score (nSPS) is 12.6. The topological polar surface area (TPSA) is 95.9 Å². The number of aliphatic hydroxyl groups is 2. The Morgan fingerprint density at radius 3 is 1.07 bits per heavy atom. The highest BCUT2D eigenvalue weighted by Gasteiger charge is 2.20. The minimum absolute atomic E-state index is 0.00635. The molecule has 3 N–H and O–H groups in total. The summed E-state index contributed by atoms with van der Waals surface area (Å²) in [4.78, 5) is 24.4. The van der Waals surface area contributed by atoms with E-state index in [1.165, 1.54) is 218 Å². The molecular formula is C51H101NO5. The summed E-state index contributed by atoms with van der Waals surface area (Å²) in [5.41, 5.74) is 0. The van der Waals surface area contributed by atoms with E-state index in [9.17, 15) is 19.8 Å². The van der Waals surface area contributed by atoms with Crippen LogP contribution < -0.4 is 5.32 Å². The van der Waals surface area contributed by atoms with Gasteiger partial charge in [0, 0.05) is 12.8 Å². The average molecular weight is 808 g/mol. The number of rotatable bonds is 48. The van der Waals surface area contributed by atoms with Crippen LogP contribution in [0.25, 0.3) is 0 Å². The predicted octanol–water partition coefficient (Wildman–Crippen LogP) is 15.2. The van der Waals surface area contributed by atoms with E-state index in [0.29, 0.717) is 25.9 Å². The lowest BCUT2D eigenvalue weighted by Crippen LogP contribution is -2.45. The summed E-state index contributed by atoms with van der Waals surface area (Å²) in [6.45, 7) is 4.94. The zero-order valence-electron chi connectivity index (χ0n) is 38.6. The number of unbranched alkanes of at least 4 members (excludes halogenated alkanes) is 37. The molecule has 0 aromatic heterocycles. The average Bonchev–Trinajstić information content (AvgIpc) is 3.21. The smallest absolute Gasteiger partial charge is 0.305 e. The predicted molar refractivity (Wildman–Crippen MR) is 246 cm³/mol. The lowest BCUT2D eigenvalue weighted by molar-refractivity contribution is -0.143. The largest absolute Gasteiger partial charge is 0.466 e. The first kappa shape index (κ1) is 55.9. The Labute approximate surface area is 356 Å². The molecule has 0 fully saturated rings. The van der Waals surface area contributed by atoms with Crippen LogP contribution >= 0.6 is 0 Å². The van der Waals surface area contributed by atoms with E-state index in [1.807, 2.05) is 0 Å². The Kier molecular flexibility index (Phi) is 46.6. The van der Waals surface area contributed by atoms with Crippen LogP contribution in [0, 0.1) is 0 Å². The third-order valence-electron chi connectivity index (χ3n) is 12.2. The summed E-state index contributed by atoms with van der Waals surface area (Å²) in [6.07, 6.45) is 52.1. The summed E-state index contributed by atoms with van der Waals surface area (Å²) in [5, 5.41) is 23.1. The number of hydrogen-bond donors (Lipinski definition) is 3. The molecule has 0 saturated heterocycles. The first-order valence-electron chi connectivity index (χ1n) is 25.8. The van der Waals surface area contributed by atoms with Gasteiger partial charge in [0.05, 0.1) is 25.4 Å². The highest BCUT2D eigenvalue weighted by atomic mass is 16.5. The van der Waals surface area contributed by atoms with Gasteiger partial charge >= 0.3 is 5.97 Å². The Morgan fingerprint density at radius 2 is 0.719 bits per heavy atom. The number of nitrogens with one attached hydrogen (secondary N) is 1. The zero-order chi connectivity index (χ0) is 41.5. The molecule has 2 atom stereocenters.